The fourth-order valence-electron chi connectivity index (χ4n) is 2.54. The lowest BCUT2D eigenvalue weighted by atomic mass is 9.95. The summed E-state index contributed by atoms with van der Waals surface area (Å²) in [6.07, 6.45) is 9.06. The summed E-state index contributed by atoms with van der Waals surface area (Å²) in [5.41, 5.74) is 2.30. The van der Waals surface area contributed by atoms with Crippen LogP contribution < -0.4 is 5.32 Å². The molecular formula is C14H19N3S. The third kappa shape index (κ3) is 2.82. The van der Waals surface area contributed by atoms with E-state index in [-0.39, 0.29) is 0 Å². The highest BCUT2D eigenvalue weighted by molar-refractivity contribution is 7.09. The second-order valence-electron chi connectivity index (χ2n) is 4.98. The third-order valence-electron chi connectivity index (χ3n) is 3.61. The van der Waals surface area contributed by atoms with E-state index in [0.717, 1.165) is 18.0 Å². The molecule has 2 aromatic heterocycles. The predicted octanol–water partition coefficient (Wildman–Crippen LogP) is 3.07. The van der Waals surface area contributed by atoms with Gasteiger partial charge < -0.3 is 10.3 Å². The van der Waals surface area contributed by atoms with Crippen LogP contribution in [0.2, 0.25) is 0 Å². The van der Waals surface area contributed by atoms with Crippen molar-refractivity contribution in [2.45, 2.75) is 25.7 Å². The molecule has 18 heavy (non-hydrogen) atoms. The van der Waals surface area contributed by atoms with Crippen LogP contribution in [0.3, 0.4) is 0 Å². The molecular weight excluding hydrogens is 242 g/mol. The number of aromatic nitrogens is 2. The molecule has 2 aromatic rings. The molecule has 0 aliphatic carbocycles. The number of H-pyrrole nitrogens is 1. The maximum atomic E-state index is 4.72. The van der Waals surface area contributed by atoms with E-state index in [4.69, 9.17) is 4.98 Å². The van der Waals surface area contributed by atoms with Gasteiger partial charge in [-0.3, -0.25) is 0 Å². The quantitative estimate of drug-likeness (QED) is 0.888. The van der Waals surface area contributed by atoms with Gasteiger partial charge in [-0.2, -0.15) is 0 Å². The van der Waals surface area contributed by atoms with Gasteiger partial charge in [-0.15, -0.1) is 11.3 Å². The number of hydrogen-bond acceptors (Lipinski definition) is 3. The zero-order valence-corrected chi connectivity index (χ0v) is 11.3. The first-order valence-corrected chi connectivity index (χ1v) is 7.58. The molecule has 2 N–H and O–H groups in total. The summed E-state index contributed by atoms with van der Waals surface area (Å²) in [5.74, 6) is 0.846. The Morgan fingerprint density at radius 1 is 1.44 bits per heavy atom. The van der Waals surface area contributed by atoms with Gasteiger partial charge in [0.05, 0.1) is 10.7 Å². The lowest BCUT2D eigenvalue weighted by Crippen LogP contribution is -2.29. The Labute approximate surface area is 112 Å². The normalized spacial score (nSPS) is 20.1. The Hall–Kier alpha value is -1.13. The Bertz CT molecular complexity index is 469. The second kappa shape index (κ2) is 5.67. The van der Waals surface area contributed by atoms with Crippen LogP contribution >= 0.6 is 11.3 Å². The lowest BCUT2D eigenvalue weighted by Gasteiger charge is -2.22. The van der Waals surface area contributed by atoms with Crippen LogP contribution in [0.15, 0.2) is 23.8 Å². The highest BCUT2D eigenvalue weighted by Crippen LogP contribution is 2.24. The van der Waals surface area contributed by atoms with Crippen LogP contribution in [0.1, 0.15) is 24.3 Å². The van der Waals surface area contributed by atoms with Gasteiger partial charge in [-0.05, 0) is 50.8 Å². The van der Waals surface area contributed by atoms with Gasteiger partial charge in [0.15, 0.2) is 0 Å². The van der Waals surface area contributed by atoms with E-state index < -0.39 is 0 Å². The zero-order chi connectivity index (χ0) is 12.2. The SMILES string of the molecule is c1cc(-c2csc(CCC3CCCNC3)n2)c[nH]1. The number of piperidine rings is 1. The van der Waals surface area contributed by atoms with Gasteiger partial charge in [0.1, 0.15) is 0 Å². The van der Waals surface area contributed by atoms with Gasteiger partial charge >= 0.3 is 0 Å². The number of aryl methyl sites for hydroxylation is 1. The van der Waals surface area contributed by atoms with Crippen molar-refractivity contribution in [3.8, 4) is 11.3 Å². The molecule has 1 fully saturated rings. The van der Waals surface area contributed by atoms with Crippen LogP contribution in [0, 0.1) is 5.92 Å². The Balaban J connectivity index is 1.57. The molecule has 1 aliphatic heterocycles. The summed E-state index contributed by atoms with van der Waals surface area (Å²) in [6.45, 7) is 2.39. The monoisotopic (exact) mass is 261 g/mol. The summed E-state index contributed by atoms with van der Waals surface area (Å²) in [7, 11) is 0. The molecule has 0 radical (unpaired) electrons. The maximum absolute atomic E-state index is 4.72. The van der Waals surface area contributed by atoms with Crippen LogP contribution in [0.25, 0.3) is 11.3 Å². The molecule has 0 bridgehead atoms. The van der Waals surface area contributed by atoms with Crippen LogP contribution in [0.5, 0.6) is 0 Å². The highest BCUT2D eigenvalue weighted by Gasteiger charge is 2.13. The summed E-state index contributed by atoms with van der Waals surface area (Å²) in [6, 6.07) is 2.07. The number of thiazole rings is 1. The minimum atomic E-state index is 0.846. The van der Waals surface area contributed by atoms with E-state index in [0.29, 0.717) is 0 Å². The standard InChI is InChI=1S/C14H19N3S/c1-2-11(8-15-6-1)3-4-14-17-13(10-18-14)12-5-7-16-9-12/h5,7,9-11,15-16H,1-4,6,8H2. The van der Waals surface area contributed by atoms with Gasteiger partial charge in [0.25, 0.3) is 0 Å². The van der Waals surface area contributed by atoms with Gasteiger partial charge in [-0.25, -0.2) is 4.98 Å². The number of nitrogens with zero attached hydrogens (tertiary/aromatic N) is 1. The predicted molar refractivity (Wildman–Crippen MR) is 75.8 cm³/mol. The van der Waals surface area contributed by atoms with Gasteiger partial charge in [0.2, 0.25) is 0 Å². The first kappa shape index (κ1) is 11.9. The Morgan fingerprint density at radius 2 is 2.44 bits per heavy atom. The number of hydrogen-bond donors (Lipinski definition) is 2. The molecule has 1 atom stereocenters. The van der Waals surface area contributed by atoms with E-state index >= 15 is 0 Å². The molecule has 1 saturated heterocycles. The van der Waals surface area contributed by atoms with E-state index in [1.54, 1.807) is 11.3 Å². The summed E-state index contributed by atoms with van der Waals surface area (Å²) < 4.78 is 0. The molecule has 3 nitrogen and oxygen atoms in total. The molecule has 0 amide bonds. The van der Waals surface area contributed by atoms with Gasteiger partial charge in [-0.1, -0.05) is 0 Å². The summed E-state index contributed by atoms with van der Waals surface area (Å²) in [5, 5.41) is 6.92. The average molecular weight is 261 g/mol. The Kier molecular flexibility index (Phi) is 3.76. The van der Waals surface area contributed by atoms with Crippen molar-refractivity contribution >= 4 is 11.3 Å². The molecule has 3 heterocycles. The first-order chi connectivity index (χ1) is 8.92. The second-order valence-corrected chi connectivity index (χ2v) is 5.92. The Morgan fingerprint density at radius 3 is 3.22 bits per heavy atom. The summed E-state index contributed by atoms with van der Waals surface area (Å²) >= 11 is 1.79. The van der Waals surface area contributed by atoms with E-state index in [1.807, 2.05) is 12.4 Å². The molecule has 0 saturated carbocycles. The molecule has 96 valence electrons. The van der Waals surface area contributed by atoms with E-state index in [1.165, 1.54) is 42.9 Å². The highest BCUT2D eigenvalue weighted by atomic mass is 32.1. The fraction of sp³-hybridized carbons (Fsp3) is 0.500. The molecule has 0 spiro atoms. The smallest absolute Gasteiger partial charge is 0.0932 e. The van der Waals surface area contributed by atoms with Crippen molar-refractivity contribution in [2.24, 2.45) is 5.92 Å². The topological polar surface area (TPSA) is 40.7 Å². The van der Waals surface area contributed by atoms with E-state index in [2.05, 4.69) is 21.7 Å². The molecule has 0 aromatic carbocycles. The first-order valence-electron chi connectivity index (χ1n) is 6.70. The maximum Gasteiger partial charge on any atom is 0.0932 e. The van der Waals surface area contributed by atoms with Crippen LogP contribution in [0.4, 0.5) is 0 Å². The number of rotatable bonds is 4. The van der Waals surface area contributed by atoms with Crippen molar-refractivity contribution < 1.29 is 0 Å². The van der Waals surface area contributed by atoms with Crippen molar-refractivity contribution in [3.05, 3.63) is 28.8 Å². The van der Waals surface area contributed by atoms with Crippen LogP contribution in [-0.2, 0) is 6.42 Å². The van der Waals surface area contributed by atoms with Crippen molar-refractivity contribution in [1.29, 1.82) is 0 Å². The van der Waals surface area contributed by atoms with Crippen LogP contribution in [-0.4, -0.2) is 23.1 Å². The zero-order valence-electron chi connectivity index (χ0n) is 10.5. The van der Waals surface area contributed by atoms with Crippen molar-refractivity contribution in [2.75, 3.05) is 13.1 Å². The molecule has 1 unspecified atom stereocenters. The fourth-order valence-corrected chi connectivity index (χ4v) is 3.36. The average Bonchev–Trinajstić information content (AvgIpc) is 3.08. The lowest BCUT2D eigenvalue weighted by molar-refractivity contribution is 0.358. The summed E-state index contributed by atoms with van der Waals surface area (Å²) in [4.78, 5) is 7.79. The minimum absolute atomic E-state index is 0.846. The van der Waals surface area contributed by atoms with E-state index in [9.17, 15) is 0 Å². The van der Waals surface area contributed by atoms with Crippen molar-refractivity contribution in [3.63, 3.8) is 0 Å². The number of aromatic amines is 1. The number of nitrogens with one attached hydrogen (secondary N) is 2. The van der Waals surface area contributed by atoms with Gasteiger partial charge in [0, 0.05) is 23.3 Å². The third-order valence-corrected chi connectivity index (χ3v) is 4.52. The molecule has 3 rings (SSSR count). The largest absolute Gasteiger partial charge is 0.367 e. The molecule has 1 aliphatic rings. The molecule has 4 heteroatoms. The van der Waals surface area contributed by atoms with Crippen molar-refractivity contribution in [1.82, 2.24) is 15.3 Å². The minimum Gasteiger partial charge on any atom is -0.367 e.